The molecule has 0 aromatic heterocycles. The van der Waals surface area contributed by atoms with Crippen LogP contribution in [0.15, 0.2) is 0 Å². The van der Waals surface area contributed by atoms with Crippen LogP contribution in [0.5, 0.6) is 0 Å². The van der Waals surface area contributed by atoms with Crippen LogP contribution >= 0.6 is 24.4 Å². The Labute approximate surface area is 101 Å². The van der Waals surface area contributed by atoms with E-state index < -0.39 is 0 Å². The van der Waals surface area contributed by atoms with E-state index in [9.17, 15) is 4.79 Å². The zero-order valence-electron chi connectivity index (χ0n) is 8.81. The lowest BCUT2D eigenvalue weighted by Crippen LogP contribution is -2.16. The van der Waals surface area contributed by atoms with Crippen LogP contribution in [0.3, 0.4) is 0 Å². The molecule has 0 aromatic carbocycles. The fourth-order valence-corrected chi connectivity index (χ4v) is 2.51. The topological polar surface area (TPSA) is 35.5 Å². The van der Waals surface area contributed by atoms with Gasteiger partial charge in [-0.25, -0.2) is 0 Å². The second kappa shape index (κ2) is 8.30. The summed E-state index contributed by atoms with van der Waals surface area (Å²) in [6.07, 6.45) is 3.98. The average Bonchev–Trinajstić information content (AvgIpc) is 2.28. The second-order valence-corrected chi connectivity index (χ2v) is 5.08. The maximum atomic E-state index is 11.1. The monoisotopic (exact) mass is 250 g/mol. The zero-order chi connectivity index (χ0) is 10.9. The third-order valence-electron chi connectivity index (χ3n) is 2.10. The van der Waals surface area contributed by atoms with E-state index in [1.165, 1.54) is 12.8 Å². The Hall–Kier alpha value is 0.130. The number of thioether (sulfide) groups is 1. The minimum atomic E-state index is -0.132. The van der Waals surface area contributed by atoms with Crippen molar-refractivity contribution < 1.29 is 14.3 Å². The van der Waals surface area contributed by atoms with Crippen LogP contribution in [0.2, 0.25) is 0 Å². The molecule has 0 N–H and O–H groups in total. The third-order valence-corrected chi connectivity index (χ3v) is 3.47. The third kappa shape index (κ3) is 6.33. The van der Waals surface area contributed by atoms with Gasteiger partial charge in [0, 0.05) is 18.1 Å². The summed E-state index contributed by atoms with van der Waals surface area (Å²) in [5.74, 6) is 1.24. The number of hydrogen-bond donors (Lipinski definition) is 1. The summed E-state index contributed by atoms with van der Waals surface area (Å²) in [7, 11) is 0. The lowest BCUT2D eigenvalue weighted by molar-refractivity contribution is -0.142. The van der Waals surface area contributed by atoms with Gasteiger partial charge in [0.1, 0.15) is 12.0 Å². The van der Waals surface area contributed by atoms with E-state index >= 15 is 0 Å². The zero-order valence-corrected chi connectivity index (χ0v) is 10.5. The molecule has 1 rings (SSSR count). The van der Waals surface area contributed by atoms with Crippen molar-refractivity contribution in [2.45, 2.75) is 31.1 Å². The lowest BCUT2D eigenvalue weighted by atomic mass is 10.2. The molecule has 1 atom stereocenters. The van der Waals surface area contributed by atoms with Crippen LogP contribution < -0.4 is 0 Å². The normalized spacial score (nSPS) is 21.3. The van der Waals surface area contributed by atoms with E-state index in [0.717, 1.165) is 18.8 Å². The van der Waals surface area contributed by atoms with Gasteiger partial charge in [0.05, 0.1) is 6.42 Å². The van der Waals surface area contributed by atoms with Crippen LogP contribution in [-0.2, 0) is 14.3 Å². The first-order valence-electron chi connectivity index (χ1n) is 5.32. The summed E-state index contributed by atoms with van der Waals surface area (Å²) in [6, 6.07) is 0. The molecule has 1 fully saturated rings. The van der Waals surface area contributed by atoms with Crippen LogP contribution in [-0.4, -0.2) is 36.1 Å². The van der Waals surface area contributed by atoms with Crippen molar-refractivity contribution in [2.24, 2.45) is 0 Å². The SMILES string of the molecule is O=C(CCSC1CCCCO1)OCCS. The molecule has 0 saturated carbocycles. The summed E-state index contributed by atoms with van der Waals surface area (Å²) < 4.78 is 10.5. The fourth-order valence-electron chi connectivity index (χ4n) is 1.35. The molecule has 88 valence electrons. The molecule has 1 saturated heterocycles. The van der Waals surface area contributed by atoms with E-state index in [4.69, 9.17) is 9.47 Å². The van der Waals surface area contributed by atoms with Crippen LogP contribution in [0.4, 0.5) is 0 Å². The molecule has 15 heavy (non-hydrogen) atoms. The Morgan fingerprint density at radius 2 is 2.40 bits per heavy atom. The largest absolute Gasteiger partial charge is 0.465 e. The summed E-state index contributed by atoms with van der Waals surface area (Å²) in [4.78, 5) is 11.1. The van der Waals surface area contributed by atoms with Crippen molar-refractivity contribution in [3.63, 3.8) is 0 Å². The number of rotatable bonds is 6. The van der Waals surface area contributed by atoms with Gasteiger partial charge in [-0.15, -0.1) is 11.8 Å². The molecule has 0 aliphatic carbocycles. The van der Waals surface area contributed by atoms with E-state index in [1.54, 1.807) is 11.8 Å². The minimum absolute atomic E-state index is 0.132. The van der Waals surface area contributed by atoms with Crippen molar-refractivity contribution in [1.82, 2.24) is 0 Å². The van der Waals surface area contributed by atoms with Gasteiger partial charge in [0.15, 0.2) is 0 Å². The molecular formula is C10H18O3S2. The Bertz CT molecular complexity index is 182. The number of carbonyl (C=O) groups is 1. The van der Waals surface area contributed by atoms with Gasteiger partial charge >= 0.3 is 5.97 Å². The molecule has 1 aliphatic heterocycles. The molecule has 3 nitrogen and oxygen atoms in total. The Balaban J connectivity index is 1.97. The first-order chi connectivity index (χ1) is 7.33. The van der Waals surface area contributed by atoms with Crippen LogP contribution in [0.1, 0.15) is 25.7 Å². The fraction of sp³-hybridized carbons (Fsp3) is 0.900. The van der Waals surface area contributed by atoms with Gasteiger partial charge < -0.3 is 9.47 Å². The van der Waals surface area contributed by atoms with Gasteiger partial charge in [0.2, 0.25) is 0 Å². The predicted molar refractivity (Wildman–Crippen MR) is 65.5 cm³/mol. The van der Waals surface area contributed by atoms with E-state index in [-0.39, 0.29) is 11.4 Å². The van der Waals surface area contributed by atoms with Crippen LogP contribution in [0.25, 0.3) is 0 Å². The van der Waals surface area contributed by atoms with Crippen molar-refractivity contribution in [3.05, 3.63) is 0 Å². The maximum Gasteiger partial charge on any atom is 0.306 e. The van der Waals surface area contributed by atoms with E-state index in [2.05, 4.69) is 12.6 Å². The summed E-state index contributed by atoms with van der Waals surface area (Å²) in [5, 5.41) is 0. The highest BCUT2D eigenvalue weighted by Crippen LogP contribution is 2.23. The summed E-state index contributed by atoms with van der Waals surface area (Å²) in [6.45, 7) is 1.27. The minimum Gasteiger partial charge on any atom is -0.465 e. The first kappa shape index (κ1) is 13.2. The molecule has 0 bridgehead atoms. The predicted octanol–water partition coefficient (Wildman–Crippen LogP) is 2.11. The summed E-state index contributed by atoms with van der Waals surface area (Å²) >= 11 is 5.68. The molecule has 0 aromatic rings. The highest BCUT2D eigenvalue weighted by molar-refractivity contribution is 7.99. The molecule has 5 heteroatoms. The number of ether oxygens (including phenoxy) is 2. The number of thiol groups is 1. The van der Waals surface area contributed by atoms with Gasteiger partial charge in [-0.2, -0.15) is 12.6 Å². The molecule has 1 heterocycles. The van der Waals surface area contributed by atoms with Crippen molar-refractivity contribution in [1.29, 1.82) is 0 Å². The van der Waals surface area contributed by atoms with Gasteiger partial charge in [0.25, 0.3) is 0 Å². The second-order valence-electron chi connectivity index (χ2n) is 3.36. The van der Waals surface area contributed by atoms with E-state index in [1.807, 2.05) is 0 Å². The molecule has 0 radical (unpaired) electrons. The van der Waals surface area contributed by atoms with Gasteiger partial charge in [-0.3, -0.25) is 4.79 Å². The molecule has 1 unspecified atom stereocenters. The Morgan fingerprint density at radius 1 is 1.53 bits per heavy atom. The van der Waals surface area contributed by atoms with Gasteiger partial charge in [-0.05, 0) is 19.3 Å². The first-order valence-corrected chi connectivity index (χ1v) is 7.00. The number of esters is 1. The summed E-state index contributed by atoms with van der Waals surface area (Å²) in [5.41, 5.74) is 0.288. The smallest absolute Gasteiger partial charge is 0.306 e. The van der Waals surface area contributed by atoms with Gasteiger partial charge in [-0.1, -0.05) is 0 Å². The van der Waals surface area contributed by atoms with Crippen molar-refractivity contribution in [2.75, 3.05) is 24.7 Å². The molecule has 0 spiro atoms. The average molecular weight is 250 g/mol. The highest BCUT2D eigenvalue weighted by Gasteiger charge is 2.14. The Kier molecular flexibility index (Phi) is 7.30. The Morgan fingerprint density at radius 3 is 3.07 bits per heavy atom. The molecular weight excluding hydrogens is 232 g/mol. The number of carbonyl (C=O) groups excluding carboxylic acids is 1. The van der Waals surface area contributed by atoms with Crippen LogP contribution in [0, 0.1) is 0 Å². The molecule has 0 amide bonds. The quantitative estimate of drug-likeness (QED) is 0.578. The van der Waals surface area contributed by atoms with E-state index in [0.29, 0.717) is 18.8 Å². The standard InChI is InChI=1S/C10H18O3S2/c11-9(12-6-7-14)4-8-15-10-3-1-2-5-13-10/h10,14H,1-8H2. The highest BCUT2D eigenvalue weighted by atomic mass is 32.2. The van der Waals surface area contributed by atoms with Crippen molar-refractivity contribution >= 4 is 30.4 Å². The molecule has 1 aliphatic rings. The maximum absolute atomic E-state index is 11.1. The number of hydrogen-bond acceptors (Lipinski definition) is 5. The lowest BCUT2D eigenvalue weighted by Gasteiger charge is -2.21. The van der Waals surface area contributed by atoms with Crippen molar-refractivity contribution in [3.8, 4) is 0 Å².